The molecule has 0 atom stereocenters. The van der Waals surface area contributed by atoms with Crippen molar-refractivity contribution in [1.29, 1.82) is 0 Å². The van der Waals surface area contributed by atoms with Crippen LogP contribution in [0.2, 0.25) is 0 Å². The molecule has 0 bridgehead atoms. The second kappa shape index (κ2) is 8.01. The molecular weight excluding hydrogens is 372 g/mol. The third-order valence-corrected chi connectivity index (χ3v) is 6.55. The number of nitrogen functional groups attached to an aromatic ring is 1. The molecule has 6 nitrogen and oxygen atoms in total. The van der Waals surface area contributed by atoms with Crippen molar-refractivity contribution in [2.75, 3.05) is 23.7 Å². The number of hydrogen-bond donors (Lipinski definition) is 1. The van der Waals surface area contributed by atoms with Crippen molar-refractivity contribution in [3.63, 3.8) is 0 Å². The summed E-state index contributed by atoms with van der Waals surface area (Å²) < 4.78 is 0. The maximum absolute atomic E-state index is 6.25. The average Bonchev–Trinajstić information content (AvgIpc) is 2.80. The van der Waals surface area contributed by atoms with Gasteiger partial charge in [-0.25, -0.2) is 19.9 Å². The summed E-state index contributed by atoms with van der Waals surface area (Å²) in [7, 11) is 0. The van der Waals surface area contributed by atoms with E-state index in [1.165, 1.54) is 49.6 Å². The molecule has 3 aromatic rings. The predicted molar refractivity (Wildman–Crippen MR) is 121 cm³/mol. The Kier molecular flexibility index (Phi) is 5.07. The van der Waals surface area contributed by atoms with Gasteiger partial charge in [0.15, 0.2) is 5.65 Å². The first-order valence-electron chi connectivity index (χ1n) is 11.0. The van der Waals surface area contributed by atoms with Gasteiger partial charge in [-0.3, -0.25) is 0 Å². The van der Waals surface area contributed by atoms with Gasteiger partial charge in [-0.15, -0.1) is 0 Å². The molecule has 0 aromatic carbocycles. The van der Waals surface area contributed by atoms with E-state index in [-0.39, 0.29) is 0 Å². The summed E-state index contributed by atoms with van der Waals surface area (Å²) in [5, 5.41) is 0.922. The van der Waals surface area contributed by atoms with E-state index < -0.39 is 0 Å². The van der Waals surface area contributed by atoms with Gasteiger partial charge in [0.05, 0.1) is 11.1 Å². The number of aromatic nitrogens is 4. The highest BCUT2D eigenvalue weighted by atomic mass is 15.2. The number of fused-ring (bicyclic) bond motifs is 1. The first kappa shape index (κ1) is 19.0. The molecule has 2 fully saturated rings. The van der Waals surface area contributed by atoms with Crippen LogP contribution < -0.4 is 10.6 Å². The van der Waals surface area contributed by atoms with Gasteiger partial charge in [0.1, 0.15) is 18.0 Å². The van der Waals surface area contributed by atoms with Gasteiger partial charge in [0, 0.05) is 24.8 Å². The molecule has 154 valence electrons. The summed E-state index contributed by atoms with van der Waals surface area (Å²) in [6.07, 6.45) is 11.7. The minimum absolute atomic E-state index is 0.491. The first-order chi connectivity index (χ1) is 14.7. The number of anilines is 2. The number of piperidine rings is 1. The normalized spacial score (nSPS) is 18.1. The van der Waals surface area contributed by atoms with E-state index in [1.54, 1.807) is 0 Å². The molecule has 0 radical (unpaired) electrons. The zero-order chi connectivity index (χ0) is 20.5. The van der Waals surface area contributed by atoms with Crippen LogP contribution in [-0.4, -0.2) is 33.0 Å². The smallest absolute Gasteiger partial charge is 0.165 e. The molecule has 0 amide bonds. The summed E-state index contributed by atoms with van der Waals surface area (Å²) >= 11 is 0. The van der Waals surface area contributed by atoms with Gasteiger partial charge in [-0.05, 0) is 55.4 Å². The zero-order valence-electron chi connectivity index (χ0n) is 17.3. The maximum atomic E-state index is 6.25. The van der Waals surface area contributed by atoms with Crippen molar-refractivity contribution < 1.29 is 0 Å². The second-order valence-electron chi connectivity index (χ2n) is 8.53. The van der Waals surface area contributed by atoms with Gasteiger partial charge in [0.25, 0.3) is 0 Å². The molecule has 0 unspecified atom stereocenters. The minimum atomic E-state index is 0.491. The Hall–Kier alpha value is -3.02. The highest BCUT2D eigenvalue weighted by Crippen LogP contribution is 2.38. The third kappa shape index (κ3) is 3.62. The Balaban J connectivity index is 1.52. The van der Waals surface area contributed by atoms with Crippen molar-refractivity contribution in [3.8, 4) is 11.3 Å². The lowest BCUT2D eigenvalue weighted by molar-refractivity contribution is 0.445. The van der Waals surface area contributed by atoms with Crippen LogP contribution in [0, 0.1) is 0 Å². The molecule has 1 aliphatic carbocycles. The summed E-state index contributed by atoms with van der Waals surface area (Å²) in [5.41, 5.74) is 11.4. The summed E-state index contributed by atoms with van der Waals surface area (Å²) in [6.45, 7) is 6.07. The van der Waals surface area contributed by atoms with E-state index in [2.05, 4.69) is 39.6 Å². The van der Waals surface area contributed by atoms with Crippen LogP contribution >= 0.6 is 0 Å². The Morgan fingerprint density at radius 1 is 1.00 bits per heavy atom. The van der Waals surface area contributed by atoms with E-state index in [1.807, 2.05) is 6.20 Å². The lowest BCUT2D eigenvalue weighted by Crippen LogP contribution is -2.30. The van der Waals surface area contributed by atoms with Crippen LogP contribution in [0.4, 0.5) is 11.6 Å². The van der Waals surface area contributed by atoms with Crippen LogP contribution in [0.5, 0.6) is 0 Å². The van der Waals surface area contributed by atoms with Gasteiger partial charge in [-0.1, -0.05) is 31.4 Å². The molecule has 6 heteroatoms. The molecule has 0 spiro atoms. The Morgan fingerprint density at radius 3 is 2.53 bits per heavy atom. The number of nitrogens with zero attached hydrogens (tertiary/aromatic N) is 5. The second-order valence-corrected chi connectivity index (χ2v) is 8.53. The highest BCUT2D eigenvalue weighted by molar-refractivity contribution is 5.90. The molecule has 3 aromatic heterocycles. The van der Waals surface area contributed by atoms with E-state index in [9.17, 15) is 0 Å². The molecule has 5 rings (SSSR count). The molecule has 1 saturated heterocycles. The minimum Gasteiger partial charge on any atom is -0.383 e. The van der Waals surface area contributed by atoms with Gasteiger partial charge in [-0.2, -0.15) is 0 Å². The molecule has 4 heterocycles. The predicted octanol–water partition coefficient (Wildman–Crippen LogP) is 4.87. The Morgan fingerprint density at radius 2 is 1.80 bits per heavy atom. The van der Waals surface area contributed by atoms with Crippen LogP contribution in [-0.2, 0) is 0 Å². The lowest BCUT2D eigenvalue weighted by atomic mass is 9.82. The number of hydrogen-bond acceptors (Lipinski definition) is 6. The molecule has 2 N–H and O–H groups in total. The van der Waals surface area contributed by atoms with Crippen LogP contribution in [0.3, 0.4) is 0 Å². The van der Waals surface area contributed by atoms with Gasteiger partial charge in [0.2, 0.25) is 0 Å². The van der Waals surface area contributed by atoms with E-state index >= 15 is 0 Å². The van der Waals surface area contributed by atoms with E-state index in [4.69, 9.17) is 15.7 Å². The largest absolute Gasteiger partial charge is 0.383 e. The highest BCUT2D eigenvalue weighted by Gasteiger charge is 2.22. The van der Waals surface area contributed by atoms with Gasteiger partial charge >= 0.3 is 0 Å². The Labute approximate surface area is 177 Å². The molecule has 1 aliphatic heterocycles. The molecular formula is C24H28N6. The van der Waals surface area contributed by atoms with Crippen LogP contribution in [0.1, 0.15) is 56.4 Å². The maximum Gasteiger partial charge on any atom is 0.165 e. The van der Waals surface area contributed by atoms with Crippen molar-refractivity contribution in [2.45, 2.75) is 50.9 Å². The summed E-state index contributed by atoms with van der Waals surface area (Å²) in [5.74, 6) is 2.04. The third-order valence-electron chi connectivity index (χ3n) is 6.55. The molecule has 1 saturated carbocycles. The Bertz CT molecular complexity index is 1060. The van der Waals surface area contributed by atoms with Crippen molar-refractivity contribution >= 4 is 22.7 Å². The summed E-state index contributed by atoms with van der Waals surface area (Å²) in [6, 6.07) is 6.42. The topological polar surface area (TPSA) is 80.8 Å². The fourth-order valence-corrected chi connectivity index (χ4v) is 4.78. The van der Waals surface area contributed by atoms with Crippen LogP contribution in [0.15, 0.2) is 42.9 Å². The van der Waals surface area contributed by atoms with E-state index in [0.717, 1.165) is 48.4 Å². The van der Waals surface area contributed by atoms with Gasteiger partial charge < -0.3 is 10.6 Å². The first-order valence-corrected chi connectivity index (χ1v) is 11.0. The number of rotatable bonds is 3. The van der Waals surface area contributed by atoms with Crippen molar-refractivity contribution in [3.05, 3.63) is 48.4 Å². The lowest BCUT2D eigenvalue weighted by Gasteiger charge is -2.29. The van der Waals surface area contributed by atoms with Crippen LogP contribution in [0.25, 0.3) is 22.3 Å². The fraction of sp³-hybridized carbons (Fsp3) is 0.417. The number of nitrogens with two attached hydrogens (primary N) is 1. The standard InChI is InChI=1S/C24H28N6/c1-16-9-11-30(12-10-16)21-8-7-18(14-26-21)20-13-19(17-5-3-2-4-6-17)22-23(25)27-15-28-24(22)29-20/h7-8,13-15,17H,1-6,9-12H2,(H2,25,27,28,29). The summed E-state index contributed by atoms with van der Waals surface area (Å²) in [4.78, 5) is 20.6. The molecule has 2 aliphatic rings. The van der Waals surface area contributed by atoms with Crippen molar-refractivity contribution in [2.24, 2.45) is 0 Å². The zero-order valence-corrected chi connectivity index (χ0v) is 17.3. The SMILES string of the molecule is C=C1CCN(c2ccc(-c3cc(C4CCCCC4)c4c(N)ncnc4n3)cn2)CC1. The number of pyridine rings is 2. The van der Waals surface area contributed by atoms with Crippen molar-refractivity contribution in [1.82, 2.24) is 19.9 Å². The molecule has 30 heavy (non-hydrogen) atoms. The van der Waals surface area contributed by atoms with E-state index in [0.29, 0.717) is 17.4 Å². The quantitative estimate of drug-likeness (QED) is 0.632. The average molecular weight is 401 g/mol. The fourth-order valence-electron chi connectivity index (χ4n) is 4.78. The monoisotopic (exact) mass is 400 g/mol.